The summed E-state index contributed by atoms with van der Waals surface area (Å²) in [5.74, 6) is 1.29. The third kappa shape index (κ3) is 2.46. The summed E-state index contributed by atoms with van der Waals surface area (Å²) in [5, 5.41) is 8.05. The summed E-state index contributed by atoms with van der Waals surface area (Å²) < 4.78 is 7.38. The first-order valence-electron chi connectivity index (χ1n) is 6.56. The number of nitrogens with two attached hydrogens (primary N) is 1. The Hall–Kier alpha value is -1.88. The molecule has 0 bridgehead atoms. The summed E-state index contributed by atoms with van der Waals surface area (Å²) in [4.78, 5) is 0. The number of ether oxygens (including phenoxy) is 1. The van der Waals surface area contributed by atoms with Gasteiger partial charge in [-0.15, -0.1) is 5.10 Å². The number of fused-ring (bicyclic) bond motifs is 1. The average molecular weight is 258 g/mol. The SMILES string of the molecule is Cn1cc(CC(N)C2CCOc3ccccc32)nn1. The molecular formula is C14H18N4O. The van der Waals surface area contributed by atoms with Gasteiger partial charge in [0.15, 0.2) is 0 Å². The van der Waals surface area contributed by atoms with E-state index >= 15 is 0 Å². The van der Waals surface area contributed by atoms with E-state index < -0.39 is 0 Å². The second kappa shape index (κ2) is 5.01. The van der Waals surface area contributed by atoms with E-state index in [0.29, 0.717) is 5.92 Å². The molecule has 2 atom stereocenters. The molecule has 0 saturated carbocycles. The number of aromatic nitrogens is 3. The normalized spacial score (nSPS) is 19.6. The highest BCUT2D eigenvalue weighted by atomic mass is 16.5. The lowest BCUT2D eigenvalue weighted by Crippen LogP contribution is -2.34. The van der Waals surface area contributed by atoms with Gasteiger partial charge in [0.25, 0.3) is 0 Å². The lowest BCUT2D eigenvalue weighted by Gasteiger charge is -2.29. The molecule has 0 amide bonds. The highest BCUT2D eigenvalue weighted by molar-refractivity contribution is 5.38. The second-order valence-corrected chi connectivity index (χ2v) is 5.03. The molecule has 2 N–H and O–H groups in total. The van der Waals surface area contributed by atoms with Gasteiger partial charge in [-0.1, -0.05) is 23.4 Å². The molecule has 2 unspecified atom stereocenters. The van der Waals surface area contributed by atoms with Gasteiger partial charge in [0, 0.05) is 31.6 Å². The lowest BCUT2D eigenvalue weighted by atomic mass is 9.85. The van der Waals surface area contributed by atoms with Crippen molar-refractivity contribution in [3.8, 4) is 5.75 Å². The summed E-state index contributed by atoms with van der Waals surface area (Å²) in [7, 11) is 1.87. The van der Waals surface area contributed by atoms with E-state index in [2.05, 4.69) is 16.4 Å². The van der Waals surface area contributed by atoms with Crippen LogP contribution in [-0.4, -0.2) is 27.6 Å². The Morgan fingerprint density at radius 1 is 1.47 bits per heavy atom. The summed E-state index contributed by atoms with van der Waals surface area (Å²) in [6.45, 7) is 0.732. The van der Waals surface area contributed by atoms with Crippen molar-refractivity contribution in [3.05, 3.63) is 41.7 Å². The first kappa shape index (κ1) is 12.2. The molecule has 0 saturated heterocycles. The molecule has 2 heterocycles. The highest BCUT2D eigenvalue weighted by Crippen LogP contribution is 2.35. The number of nitrogens with zero attached hydrogens (tertiary/aromatic N) is 3. The van der Waals surface area contributed by atoms with Crippen LogP contribution in [0.4, 0.5) is 0 Å². The number of aryl methyl sites for hydroxylation is 1. The third-order valence-corrected chi connectivity index (χ3v) is 3.62. The molecule has 1 aliphatic rings. The van der Waals surface area contributed by atoms with Gasteiger partial charge in [0.1, 0.15) is 5.75 Å². The number of benzene rings is 1. The van der Waals surface area contributed by atoms with Gasteiger partial charge >= 0.3 is 0 Å². The van der Waals surface area contributed by atoms with E-state index in [0.717, 1.165) is 30.9 Å². The first-order chi connectivity index (χ1) is 9.24. The Bertz CT molecular complexity index is 566. The van der Waals surface area contributed by atoms with Crippen molar-refractivity contribution in [1.29, 1.82) is 0 Å². The smallest absolute Gasteiger partial charge is 0.122 e. The minimum Gasteiger partial charge on any atom is -0.493 e. The van der Waals surface area contributed by atoms with Crippen molar-refractivity contribution >= 4 is 0 Å². The maximum Gasteiger partial charge on any atom is 0.122 e. The Kier molecular flexibility index (Phi) is 3.21. The van der Waals surface area contributed by atoms with Crippen LogP contribution in [0.15, 0.2) is 30.5 Å². The predicted octanol–water partition coefficient (Wildman–Crippen LogP) is 1.25. The molecule has 0 radical (unpaired) electrons. The standard InChI is InChI=1S/C14H18N4O/c1-18-9-10(16-17-18)8-13(15)11-6-7-19-14-5-3-2-4-12(11)14/h2-5,9,11,13H,6-8,15H2,1H3. The van der Waals surface area contributed by atoms with Crippen LogP contribution in [0.1, 0.15) is 23.6 Å². The minimum atomic E-state index is 0.0433. The second-order valence-electron chi connectivity index (χ2n) is 5.03. The maximum atomic E-state index is 6.37. The fraction of sp³-hybridized carbons (Fsp3) is 0.429. The zero-order chi connectivity index (χ0) is 13.2. The molecular weight excluding hydrogens is 240 g/mol. The maximum absolute atomic E-state index is 6.37. The molecule has 5 heteroatoms. The van der Waals surface area contributed by atoms with Gasteiger partial charge in [-0.2, -0.15) is 0 Å². The molecule has 5 nitrogen and oxygen atoms in total. The fourth-order valence-electron chi connectivity index (χ4n) is 2.69. The quantitative estimate of drug-likeness (QED) is 0.900. The van der Waals surface area contributed by atoms with Crippen molar-refractivity contribution in [2.75, 3.05) is 6.61 Å². The van der Waals surface area contributed by atoms with Crippen molar-refractivity contribution in [1.82, 2.24) is 15.0 Å². The van der Waals surface area contributed by atoms with Crippen LogP contribution in [0.2, 0.25) is 0 Å². The number of rotatable bonds is 3. The molecule has 19 heavy (non-hydrogen) atoms. The Morgan fingerprint density at radius 2 is 2.32 bits per heavy atom. The van der Waals surface area contributed by atoms with E-state index in [1.807, 2.05) is 31.4 Å². The minimum absolute atomic E-state index is 0.0433. The van der Waals surface area contributed by atoms with Crippen molar-refractivity contribution in [3.63, 3.8) is 0 Å². The van der Waals surface area contributed by atoms with Crippen molar-refractivity contribution < 1.29 is 4.74 Å². The molecule has 0 aliphatic carbocycles. The van der Waals surface area contributed by atoms with E-state index in [1.54, 1.807) is 4.68 Å². The van der Waals surface area contributed by atoms with Crippen LogP contribution >= 0.6 is 0 Å². The highest BCUT2D eigenvalue weighted by Gasteiger charge is 2.27. The van der Waals surface area contributed by atoms with Crippen molar-refractivity contribution in [2.24, 2.45) is 12.8 Å². The first-order valence-corrected chi connectivity index (χ1v) is 6.56. The predicted molar refractivity (Wildman–Crippen MR) is 72.0 cm³/mol. The van der Waals surface area contributed by atoms with Gasteiger partial charge in [-0.05, 0) is 18.1 Å². The summed E-state index contributed by atoms with van der Waals surface area (Å²) in [6.07, 6.45) is 3.62. The zero-order valence-electron chi connectivity index (χ0n) is 11.0. The fourth-order valence-corrected chi connectivity index (χ4v) is 2.69. The molecule has 0 fully saturated rings. The summed E-state index contributed by atoms with van der Waals surface area (Å²) in [5.41, 5.74) is 8.53. The molecule has 1 aromatic heterocycles. The largest absolute Gasteiger partial charge is 0.493 e. The summed E-state index contributed by atoms with van der Waals surface area (Å²) in [6, 6.07) is 8.19. The topological polar surface area (TPSA) is 66.0 Å². The third-order valence-electron chi connectivity index (χ3n) is 3.62. The number of hydrogen-bond donors (Lipinski definition) is 1. The van der Waals surface area contributed by atoms with Crippen LogP contribution in [-0.2, 0) is 13.5 Å². The monoisotopic (exact) mass is 258 g/mol. The van der Waals surface area contributed by atoms with Gasteiger partial charge in [-0.3, -0.25) is 4.68 Å². The van der Waals surface area contributed by atoms with E-state index in [-0.39, 0.29) is 6.04 Å². The zero-order valence-corrected chi connectivity index (χ0v) is 11.0. The Balaban J connectivity index is 1.79. The number of hydrogen-bond acceptors (Lipinski definition) is 4. The molecule has 100 valence electrons. The lowest BCUT2D eigenvalue weighted by molar-refractivity contribution is 0.254. The molecule has 1 aliphatic heterocycles. The summed E-state index contributed by atoms with van der Waals surface area (Å²) >= 11 is 0. The van der Waals surface area contributed by atoms with Crippen molar-refractivity contribution in [2.45, 2.75) is 24.8 Å². The van der Waals surface area contributed by atoms with Crippen LogP contribution < -0.4 is 10.5 Å². The van der Waals surface area contributed by atoms with Crippen LogP contribution in [0.3, 0.4) is 0 Å². The number of para-hydroxylation sites is 1. The van der Waals surface area contributed by atoms with Gasteiger partial charge in [0.05, 0.1) is 12.3 Å². The van der Waals surface area contributed by atoms with E-state index in [9.17, 15) is 0 Å². The molecule has 2 aromatic rings. The van der Waals surface area contributed by atoms with Gasteiger partial charge < -0.3 is 10.5 Å². The molecule has 0 spiro atoms. The van der Waals surface area contributed by atoms with Gasteiger partial charge in [-0.25, -0.2) is 0 Å². The Labute approximate surface area is 112 Å². The van der Waals surface area contributed by atoms with Gasteiger partial charge in [0.2, 0.25) is 0 Å². The molecule has 1 aromatic carbocycles. The van der Waals surface area contributed by atoms with Crippen LogP contribution in [0.25, 0.3) is 0 Å². The Morgan fingerprint density at radius 3 is 3.11 bits per heavy atom. The molecule has 3 rings (SSSR count). The van der Waals surface area contributed by atoms with E-state index in [4.69, 9.17) is 10.5 Å². The van der Waals surface area contributed by atoms with Crippen LogP contribution in [0.5, 0.6) is 5.75 Å². The van der Waals surface area contributed by atoms with Crippen LogP contribution in [0, 0.1) is 0 Å². The average Bonchev–Trinajstić information content (AvgIpc) is 2.83. The van der Waals surface area contributed by atoms with E-state index in [1.165, 1.54) is 5.56 Å².